The summed E-state index contributed by atoms with van der Waals surface area (Å²) >= 11 is 2.06. The first kappa shape index (κ1) is 11.8. The molecule has 0 bridgehead atoms. The molecule has 0 aliphatic heterocycles. The number of aryl methyl sites for hydroxylation is 2. The highest BCUT2D eigenvalue weighted by Gasteiger charge is 2.26. The quantitative estimate of drug-likeness (QED) is 0.783. The van der Waals surface area contributed by atoms with E-state index >= 15 is 0 Å². The van der Waals surface area contributed by atoms with Gasteiger partial charge in [-0.25, -0.2) is 0 Å². The largest absolute Gasteiger partial charge is 0.389 e. The third-order valence-electron chi connectivity index (χ3n) is 1.73. The maximum absolute atomic E-state index is 11.8. The molecule has 0 unspecified atom stereocenters. The molecule has 1 rings (SSSR count). The van der Waals surface area contributed by atoms with Gasteiger partial charge in [-0.15, -0.1) is 0 Å². The predicted molar refractivity (Wildman–Crippen MR) is 55.0 cm³/mol. The van der Waals surface area contributed by atoms with Crippen LogP contribution in [0.15, 0.2) is 6.20 Å². The number of nitrogens with zero attached hydrogens (tertiary/aromatic N) is 2. The molecule has 1 aromatic rings. The standard InChI is InChI=1S/C8H10F3IN2/c1-6-5-14(13-7(6)12)4-2-3-8(9,10)11/h5H,2-4H2,1H3. The van der Waals surface area contributed by atoms with Crippen molar-refractivity contribution in [3.63, 3.8) is 0 Å². The van der Waals surface area contributed by atoms with Crippen LogP contribution in [0.2, 0.25) is 0 Å². The van der Waals surface area contributed by atoms with Crippen LogP contribution in [0, 0.1) is 10.6 Å². The van der Waals surface area contributed by atoms with Crippen LogP contribution in [0.3, 0.4) is 0 Å². The lowest BCUT2D eigenvalue weighted by Crippen LogP contribution is -2.09. The molecule has 0 saturated carbocycles. The van der Waals surface area contributed by atoms with E-state index in [0.29, 0.717) is 6.54 Å². The zero-order chi connectivity index (χ0) is 10.8. The van der Waals surface area contributed by atoms with E-state index in [1.54, 1.807) is 10.9 Å². The minimum Gasteiger partial charge on any atom is -0.271 e. The summed E-state index contributed by atoms with van der Waals surface area (Å²) in [6.07, 6.45) is -2.96. The van der Waals surface area contributed by atoms with Gasteiger partial charge in [-0.05, 0) is 35.9 Å². The van der Waals surface area contributed by atoms with Crippen molar-refractivity contribution in [3.05, 3.63) is 15.5 Å². The van der Waals surface area contributed by atoms with E-state index in [-0.39, 0.29) is 6.42 Å². The molecule has 0 atom stereocenters. The fourth-order valence-electron chi connectivity index (χ4n) is 1.05. The molecule has 0 fully saturated rings. The molecule has 0 aromatic carbocycles. The molecular formula is C8H10F3IN2. The minimum absolute atomic E-state index is 0.0840. The molecule has 0 amide bonds. The summed E-state index contributed by atoms with van der Waals surface area (Å²) in [5, 5.41) is 4.07. The first-order valence-corrected chi connectivity index (χ1v) is 5.22. The van der Waals surface area contributed by atoms with Crippen molar-refractivity contribution in [2.75, 3.05) is 0 Å². The Bertz CT molecular complexity index is 287. The van der Waals surface area contributed by atoms with Crippen LogP contribution in [-0.2, 0) is 6.54 Å². The van der Waals surface area contributed by atoms with Crippen LogP contribution >= 0.6 is 22.6 Å². The van der Waals surface area contributed by atoms with Gasteiger partial charge >= 0.3 is 6.18 Å². The number of hydrogen-bond donors (Lipinski definition) is 0. The fourth-order valence-corrected chi connectivity index (χ4v) is 1.47. The lowest BCUT2D eigenvalue weighted by atomic mass is 10.3. The highest BCUT2D eigenvalue weighted by molar-refractivity contribution is 14.1. The number of hydrogen-bond acceptors (Lipinski definition) is 1. The third kappa shape index (κ3) is 3.85. The molecule has 0 radical (unpaired) electrons. The average molecular weight is 318 g/mol. The predicted octanol–water partition coefficient (Wildman–Crippen LogP) is 3.14. The smallest absolute Gasteiger partial charge is 0.271 e. The third-order valence-corrected chi connectivity index (χ3v) is 2.80. The van der Waals surface area contributed by atoms with Crippen LogP contribution in [0.25, 0.3) is 0 Å². The molecule has 0 aliphatic rings. The lowest BCUT2D eigenvalue weighted by Gasteiger charge is -2.05. The molecule has 6 heteroatoms. The van der Waals surface area contributed by atoms with Crippen LogP contribution in [-0.4, -0.2) is 16.0 Å². The normalized spacial score (nSPS) is 12.1. The van der Waals surface area contributed by atoms with Crippen molar-refractivity contribution in [1.82, 2.24) is 9.78 Å². The number of rotatable bonds is 3. The second kappa shape index (κ2) is 4.50. The molecule has 1 aromatic heterocycles. The molecule has 1 heterocycles. The van der Waals surface area contributed by atoms with E-state index in [1.165, 1.54) is 0 Å². The van der Waals surface area contributed by atoms with Crippen LogP contribution in [0.1, 0.15) is 18.4 Å². The zero-order valence-electron chi connectivity index (χ0n) is 7.60. The summed E-state index contributed by atoms with van der Waals surface area (Å²) in [7, 11) is 0. The van der Waals surface area contributed by atoms with Gasteiger partial charge in [0.25, 0.3) is 0 Å². The van der Waals surface area contributed by atoms with Crippen LogP contribution in [0.4, 0.5) is 13.2 Å². The Labute approximate surface area is 93.6 Å². The Morgan fingerprint density at radius 1 is 1.50 bits per heavy atom. The molecule has 0 spiro atoms. The first-order valence-electron chi connectivity index (χ1n) is 4.15. The summed E-state index contributed by atoms with van der Waals surface area (Å²) in [4.78, 5) is 0. The van der Waals surface area contributed by atoms with Gasteiger partial charge in [-0.1, -0.05) is 0 Å². The van der Waals surface area contributed by atoms with E-state index in [0.717, 1.165) is 9.26 Å². The van der Waals surface area contributed by atoms with Gasteiger partial charge in [-0.2, -0.15) is 18.3 Å². The minimum atomic E-state index is -4.06. The highest BCUT2D eigenvalue weighted by Crippen LogP contribution is 2.21. The molecule has 80 valence electrons. The summed E-state index contributed by atoms with van der Waals surface area (Å²) < 4.78 is 37.8. The van der Waals surface area contributed by atoms with E-state index in [4.69, 9.17) is 0 Å². The summed E-state index contributed by atoms with van der Waals surface area (Å²) in [6.45, 7) is 2.21. The van der Waals surface area contributed by atoms with Crippen LogP contribution in [0.5, 0.6) is 0 Å². The maximum Gasteiger partial charge on any atom is 0.389 e. The fraction of sp³-hybridized carbons (Fsp3) is 0.625. The molecule has 0 aliphatic carbocycles. The SMILES string of the molecule is Cc1cn(CCCC(F)(F)F)nc1I. The van der Waals surface area contributed by atoms with Crippen molar-refractivity contribution in [3.8, 4) is 0 Å². The van der Waals surface area contributed by atoms with E-state index < -0.39 is 12.6 Å². The van der Waals surface area contributed by atoms with Gasteiger partial charge in [0.15, 0.2) is 0 Å². The molecule has 0 saturated heterocycles. The Balaban J connectivity index is 2.39. The summed E-state index contributed by atoms with van der Waals surface area (Å²) in [5.41, 5.74) is 0.998. The number of halogens is 4. The van der Waals surface area contributed by atoms with Crippen molar-refractivity contribution in [2.24, 2.45) is 0 Å². The molecule has 14 heavy (non-hydrogen) atoms. The van der Waals surface area contributed by atoms with Gasteiger partial charge < -0.3 is 0 Å². The Morgan fingerprint density at radius 3 is 2.57 bits per heavy atom. The van der Waals surface area contributed by atoms with Crippen molar-refractivity contribution >= 4 is 22.6 Å². The van der Waals surface area contributed by atoms with E-state index in [9.17, 15) is 13.2 Å². The average Bonchev–Trinajstić information content (AvgIpc) is 2.28. The topological polar surface area (TPSA) is 17.8 Å². The first-order chi connectivity index (χ1) is 6.38. The Kier molecular flexibility index (Phi) is 3.79. The zero-order valence-corrected chi connectivity index (χ0v) is 9.76. The lowest BCUT2D eigenvalue weighted by molar-refractivity contribution is -0.136. The molecule has 0 N–H and O–H groups in total. The van der Waals surface area contributed by atoms with Gasteiger partial charge in [0, 0.05) is 24.7 Å². The maximum atomic E-state index is 11.8. The van der Waals surface area contributed by atoms with Gasteiger partial charge in [0.05, 0.1) is 0 Å². The monoisotopic (exact) mass is 318 g/mol. The van der Waals surface area contributed by atoms with Crippen molar-refractivity contribution in [2.45, 2.75) is 32.5 Å². The van der Waals surface area contributed by atoms with Crippen LogP contribution < -0.4 is 0 Å². The van der Waals surface area contributed by atoms with Gasteiger partial charge in [-0.3, -0.25) is 4.68 Å². The van der Waals surface area contributed by atoms with Gasteiger partial charge in [0.2, 0.25) is 0 Å². The summed E-state index contributed by atoms with van der Waals surface area (Å²) in [6, 6.07) is 0. The second-order valence-corrected chi connectivity index (χ2v) is 4.11. The van der Waals surface area contributed by atoms with Crippen molar-refractivity contribution < 1.29 is 13.2 Å². The number of alkyl halides is 3. The van der Waals surface area contributed by atoms with Gasteiger partial charge in [0.1, 0.15) is 3.70 Å². The van der Waals surface area contributed by atoms with Crippen molar-refractivity contribution in [1.29, 1.82) is 0 Å². The van der Waals surface area contributed by atoms with E-state index in [2.05, 4.69) is 27.7 Å². The Morgan fingerprint density at radius 2 is 2.14 bits per heavy atom. The highest BCUT2D eigenvalue weighted by atomic mass is 127. The van der Waals surface area contributed by atoms with E-state index in [1.807, 2.05) is 6.92 Å². The molecule has 2 nitrogen and oxygen atoms in total. The second-order valence-electron chi connectivity index (χ2n) is 3.08. The Hall–Kier alpha value is -0.270. The number of aromatic nitrogens is 2. The molecular weight excluding hydrogens is 308 g/mol. The summed E-state index contributed by atoms with van der Waals surface area (Å²) in [5.74, 6) is 0.